The van der Waals surface area contributed by atoms with Crippen molar-refractivity contribution >= 4 is 6.09 Å². The highest BCUT2D eigenvalue weighted by Gasteiger charge is 2.26. The molecule has 122 valence electrons. The number of aromatic nitrogens is 2. The number of benzene rings is 1. The Morgan fingerprint density at radius 3 is 2.78 bits per heavy atom. The molecule has 0 fully saturated rings. The summed E-state index contributed by atoms with van der Waals surface area (Å²) in [6.07, 6.45) is -3.30. The Balaban J connectivity index is 1.94. The number of carbonyl (C=O) groups is 1. The minimum absolute atomic E-state index is 0.0174. The van der Waals surface area contributed by atoms with Crippen LogP contribution in [0.5, 0.6) is 0 Å². The van der Waals surface area contributed by atoms with Gasteiger partial charge in [0.25, 0.3) is 12.0 Å². The second-order valence-electron chi connectivity index (χ2n) is 5.41. The highest BCUT2D eigenvalue weighted by Crippen LogP contribution is 2.24. The molecule has 0 unspecified atom stereocenters. The van der Waals surface area contributed by atoms with Crippen molar-refractivity contribution < 1.29 is 18.7 Å². The Hall–Kier alpha value is -2.64. The second-order valence-corrected chi connectivity index (χ2v) is 5.41. The smallest absolute Gasteiger partial charge is 0.407 e. The Kier molecular flexibility index (Phi) is 3.89. The minimum Gasteiger partial charge on any atom is -0.465 e. The van der Waals surface area contributed by atoms with E-state index in [1.807, 2.05) is 0 Å². The fraction of sp³-hybridized carbons (Fsp3) is 0.333. The first-order valence-corrected chi connectivity index (χ1v) is 7.11. The Morgan fingerprint density at radius 1 is 1.35 bits per heavy atom. The molecular formula is C15H15F2N3O3. The molecule has 1 amide bonds. The SMILES string of the molecule is O=C(O)N1CCc2c(c(=O)[nH]n2Cc2ccccc2C(F)F)C1. The number of amides is 1. The molecule has 1 aromatic heterocycles. The molecule has 8 heteroatoms. The number of rotatable bonds is 3. The van der Waals surface area contributed by atoms with Gasteiger partial charge in [0.05, 0.1) is 18.7 Å². The van der Waals surface area contributed by atoms with E-state index in [2.05, 4.69) is 5.10 Å². The molecule has 23 heavy (non-hydrogen) atoms. The zero-order valence-electron chi connectivity index (χ0n) is 12.1. The molecule has 0 aliphatic carbocycles. The Labute approximate surface area is 129 Å². The Bertz CT molecular complexity index is 798. The van der Waals surface area contributed by atoms with Crippen LogP contribution in [0, 0.1) is 0 Å². The number of carboxylic acid groups (broad SMARTS) is 1. The summed E-state index contributed by atoms with van der Waals surface area (Å²) < 4.78 is 27.7. The van der Waals surface area contributed by atoms with E-state index >= 15 is 0 Å². The third kappa shape index (κ3) is 2.84. The van der Waals surface area contributed by atoms with Crippen LogP contribution < -0.4 is 5.56 Å². The predicted octanol–water partition coefficient (Wildman–Crippen LogP) is 2.20. The average molecular weight is 323 g/mol. The van der Waals surface area contributed by atoms with Crippen LogP contribution in [0.4, 0.5) is 13.6 Å². The van der Waals surface area contributed by atoms with Crippen molar-refractivity contribution in [1.29, 1.82) is 0 Å². The summed E-state index contributed by atoms with van der Waals surface area (Å²) in [5.74, 6) is 0. The van der Waals surface area contributed by atoms with Crippen molar-refractivity contribution in [1.82, 2.24) is 14.7 Å². The van der Waals surface area contributed by atoms with E-state index in [0.717, 1.165) is 4.90 Å². The highest BCUT2D eigenvalue weighted by atomic mass is 19.3. The number of nitrogens with one attached hydrogen (secondary N) is 1. The van der Waals surface area contributed by atoms with Crippen LogP contribution in [-0.2, 0) is 19.5 Å². The van der Waals surface area contributed by atoms with Crippen LogP contribution in [0.25, 0.3) is 0 Å². The number of H-pyrrole nitrogens is 1. The van der Waals surface area contributed by atoms with Gasteiger partial charge in [0, 0.05) is 24.2 Å². The van der Waals surface area contributed by atoms with Gasteiger partial charge >= 0.3 is 6.09 Å². The maximum atomic E-state index is 13.1. The van der Waals surface area contributed by atoms with E-state index < -0.39 is 12.5 Å². The summed E-state index contributed by atoms with van der Waals surface area (Å²) >= 11 is 0. The van der Waals surface area contributed by atoms with Gasteiger partial charge < -0.3 is 10.0 Å². The lowest BCUT2D eigenvalue weighted by molar-refractivity contribution is 0.139. The van der Waals surface area contributed by atoms with Crippen molar-refractivity contribution in [2.45, 2.75) is 25.9 Å². The number of alkyl halides is 2. The fourth-order valence-electron chi connectivity index (χ4n) is 2.87. The third-order valence-electron chi connectivity index (χ3n) is 4.04. The fourth-order valence-corrected chi connectivity index (χ4v) is 2.87. The van der Waals surface area contributed by atoms with Crippen LogP contribution in [-0.4, -0.2) is 32.4 Å². The van der Waals surface area contributed by atoms with Gasteiger partial charge in [-0.25, -0.2) is 13.6 Å². The summed E-state index contributed by atoms with van der Waals surface area (Å²) in [6, 6.07) is 6.17. The largest absolute Gasteiger partial charge is 0.465 e. The molecule has 1 aliphatic heterocycles. The van der Waals surface area contributed by atoms with Crippen molar-refractivity contribution in [2.24, 2.45) is 0 Å². The summed E-state index contributed by atoms with van der Waals surface area (Å²) in [4.78, 5) is 24.2. The maximum Gasteiger partial charge on any atom is 0.407 e. The number of fused-ring (bicyclic) bond motifs is 1. The molecule has 0 atom stereocenters. The number of nitrogens with zero attached hydrogens (tertiary/aromatic N) is 2. The lowest BCUT2D eigenvalue weighted by Gasteiger charge is -2.24. The van der Waals surface area contributed by atoms with Crippen LogP contribution in [0.1, 0.15) is 28.8 Å². The van der Waals surface area contributed by atoms with E-state index in [1.54, 1.807) is 18.2 Å². The zero-order chi connectivity index (χ0) is 16.6. The standard InChI is InChI=1S/C15H15F2N3O3/c16-13(17)10-4-2-1-3-9(10)7-20-12-5-6-19(15(22)23)8-11(12)14(21)18-20/h1-4,13H,5-8H2,(H,18,21)(H,22,23). The molecule has 6 nitrogen and oxygen atoms in total. The van der Waals surface area contributed by atoms with Crippen LogP contribution in [0.15, 0.2) is 29.1 Å². The molecule has 2 N–H and O–H groups in total. The third-order valence-corrected chi connectivity index (χ3v) is 4.04. The molecule has 0 saturated heterocycles. The Morgan fingerprint density at radius 2 is 2.09 bits per heavy atom. The topological polar surface area (TPSA) is 78.3 Å². The number of halogens is 2. The van der Waals surface area contributed by atoms with Gasteiger partial charge in [-0.1, -0.05) is 24.3 Å². The van der Waals surface area contributed by atoms with Crippen molar-refractivity contribution in [3.63, 3.8) is 0 Å². The zero-order valence-corrected chi connectivity index (χ0v) is 12.1. The van der Waals surface area contributed by atoms with E-state index in [4.69, 9.17) is 5.11 Å². The number of hydrogen-bond donors (Lipinski definition) is 2. The average Bonchev–Trinajstić information content (AvgIpc) is 2.83. The first-order valence-electron chi connectivity index (χ1n) is 7.11. The molecule has 1 aliphatic rings. The van der Waals surface area contributed by atoms with Crippen molar-refractivity contribution in [2.75, 3.05) is 6.54 Å². The number of hydrogen-bond acceptors (Lipinski definition) is 2. The number of aromatic amines is 1. The summed E-state index contributed by atoms with van der Waals surface area (Å²) in [5.41, 5.74) is 1.04. The van der Waals surface area contributed by atoms with Gasteiger partial charge in [0.1, 0.15) is 0 Å². The molecular weight excluding hydrogens is 308 g/mol. The van der Waals surface area contributed by atoms with Gasteiger partial charge in [-0.05, 0) is 5.56 Å². The molecule has 1 aromatic carbocycles. The van der Waals surface area contributed by atoms with Crippen molar-refractivity contribution in [3.8, 4) is 0 Å². The van der Waals surface area contributed by atoms with E-state index in [0.29, 0.717) is 23.2 Å². The lowest BCUT2D eigenvalue weighted by atomic mass is 10.1. The summed E-state index contributed by atoms with van der Waals surface area (Å²) in [6.45, 7) is 0.414. The van der Waals surface area contributed by atoms with Gasteiger partial charge in [0.15, 0.2) is 0 Å². The summed E-state index contributed by atoms with van der Waals surface area (Å²) in [5, 5.41) is 11.6. The molecule has 3 rings (SSSR count). The van der Waals surface area contributed by atoms with E-state index in [9.17, 15) is 18.4 Å². The van der Waals surface area contributed by atoms with Gasteiger partial charge in [0.2, 0.25) is 0 Å². The molecule has 2 heterocycles. The second kappa shape index (κ2) is 5.86. The van der Waals surface area contributed by atoms with Gasteiger partial charge in [-0.15, -0.1) is 0 Å². The highest BCUT2D eigenvalue weighted by molar-refractivity contribution is 5.65. The van der Waals surface area contributed by atoms with Crippen LogP contribution in [0.2, 0.25) is 0 Å². The van der Waals surface area contributed by atoms with Crippen LogP contribution >= 0.6 is 0 Å². The molecule has 0 spiro atoms. The monoisotopic (exact) mass is 323 g/mol. The quantitative estimate of drug-likeness (QED) is 0.909. The predicted molar refractivity (Wildman–Crippen MR) is 77.7 cm³/mol. The normalized spacial score (nSPS) is 14.1. The van der Waals surface area contributed by atoms with Gasteiger partial charge in [-0.2, -0.15) is 0 Å². The lowest BCUT2D eigenvalue weighted by Crippen LogP contribution is -2.36. The molecule has 0 saturated carbocycles. The van der Waals surface area contributed by atoms with E-state index in [1.165, 1.54) is 10.7 Å². The van der Waals surface area contributed by atoms with Crippen molar-refractivity contribution in [3.05, 3.63) is 57.0 Å². The molecule has 2 aromatic rings. The van der Waals surface area contributed by atoms with Gasteiger partial charge in [-0.3, -0.25) is 14.6 Å². The first-order chi connectivity index (χ1) is 11.0. The van der Waals surface area contributed by atoms with E-state index in [-0.39, 0.29) is 30.8 Å². The minimum atomic E-state index is -2.59. The van der Waals surface area contributed by atoms with Crippen LogP contribution in [0.3, 0.4) is 0 Å². The maximum absolute atomic E-state index is 13.1. The molecule has 0 radical (unpaired) electrons. The summed E-state index contributed by atoms with van der Waals surface area (Å²) in [7, 11) is 0. The first kappa shape index (κ1) is 15.3. The molecule has 0 bridgehead atoms.